The first-order chi connectivity index (χ1) is 14.7. The molecule has 1 fully saturated rings. The van der Waals surface area contributed by atoms with E-state index in [0.717, 1.165) is 35.6 Å². The molecule has 1 aliphatic carbocycles. The highest BCUT2D eigenvalue weighted by Crippen LogP contribution is 2.31. The van der Waals surface area contributed by atoms with Crippen molar-refractivity contribution in [1.29, 1.82) is 0 Å². The molecule has 4 rings (SSSR count). The zero-order chi connectivity index (χ0) is 20.9. The van der Waals surface area contributed by atoms with Gasteiger partial charge in [0.1, 0.15) is 5.82 Å². The smallest absolute Gasteiger partial charge is 0.336 e. The van der Waals surface area contributed by atoms with E-state index >= 15 is 0 Å². The zero-order valence-corrected chi connectivity index (χ0v) is 17.4. The van der Waals surface area contributed by atoms with Gasteiger partial charge in [-0.05, 0) is 36.5 Å². The summed E-state index contributed by atoms with van der Waals surface area (Å²) in [6.45, 7) is 2.84. The van der Waals surface area contributed by atoms with Crippen LogP contribution in [0.1, 0.15) is 78.9 Å². The van der Waals surface area contributed by atoms with Crippen molar-refractivity contribution in [3.05, 3.63) is 65.5 Å². The third-order valence-corrected chi connectivity index (χ3v) is 5.86. The summed E-state index contributed by atoms with van der Waals surface area (Å²) in [6, 6.07) is 9.51. The molecule has 0 atom stereocenters. The van der Waals surface area contributed by atoms with E-state index in [0.29, 0.717) is 18.0 Å². The van der Waals surface area contributed by atoms with Crippen molar-refractivity contribution in [3.63, 3.8) is 0 Å². The molecule has 6 nitrogen and oxygen atoms in total. The summed E-state index contributed by atoms with van der Waals surface area (Å²) in [7, 11) is 0. The molecule has 0 saturated heterocycles. The standard InChI is InChI=1S/C24H28N4O2/c1-2-6-22-26-23(19-7-4-3-5-8-19)27-28(22)16-17-9-11-18(12-10-17)21-15-25-14-13-20(21)24(29)30/h9-15,19H,2-8,16H2,1H3,(H,29,30). The third kappa shape index (κ3) is 4.42. The van der Waals surface area contributed by atoms with Gasteiger partial charge in [-0.2, -0.15) is 5.10 Å². The summed E-state index contributed by atoms with van der Waals surface area (Å²) in [6.07, 6.45) is 11.3. The lowest BCUT2D eigenvalue weighted by molar-refractivity contribution is 0.0697. The molecule has 3 aromatic rings. The van der Waals surface area contributed by atoms with Crippen LogP contribution in [-0.2, 0) is 13.0 Å². The average Bonchev–Trinajstić information content (AvgIpc) is 3.17. The van der Waals surface area contributed by atoms with E-state index in [4.69, 9.17) is 10.1 Å². The van der Waals surface area contributed by atoms with Crippen LogP contribution in [0.2, 0.25) is 0 Å². The van der Waals surface area contributed by atoms with Gasteiger partial charge < -0.3 is 5.11 Å². The molecule has 30 heavy (non-hydrogen) atoms. The number of nitrogens with zero attached hydrogens (tertiary/aromatic N) is 4. The number of benzene rings is 1. The highest BCUT2D eigenvalue weighted by molar-refractivity contribution is 5.95. The molecule has 1 N–H and O–H groups in total. The van der Waals surface area contributed by atoms with Crippen LogP contribution in [0.4, 0.5) is 0 Å². The molecule has 0 aliphatic heterocycles. The number of hydrogen-bond acceptors (Lipinski definition) is 4. The minimum absolute atomic E-state index is 0.261. The van der Waals surface area contributed by atoms with E-state index in [9.17, 15) is 9.90 Å². The summed E-state index contributed by atoms with van der Waals surface area (Å²) in [5, 5.41) is 14.3. The summed E-state index contributed by atoms with van der Waals surface area (Å²) in [4.78, 5) is 20.5. The molecule has 1 aliphatic rings. The maximum atomic E-state index is 11.5. The van der Waals surface area contributed by atoms with Gasteiger partial charge in [-0.15, -0.1) is 0 Å². The van der Waals surface area contributed by atoms with E-state index in [1.165, 1.54) is 44.4 Å². The molecule has 156 valence electrons. The van der Waals surface area contributed by atoms with Crippen LogP contribution in [0.5, 0.6) is 0 Å². The van der Waals surface area contributed by atoms with Crippen molar-refractivity contribution in [3.8, 4) is 11.1 Å². The fourth-order valence-electron chi connectivity index (χ4n) is 4.24. The first-order valence-corrected chi connectivity index (χ1v) is 10.9. The van der Waals surface area contributed by atoms with Crippen molar-refractivity contribution in [2.75, 3.05) is 0 Å². The fourth-order valence-corrected chi connectivity index (χ4v) is 4.24. The molecule has 6 heteroatoms. The quantitative estimate of drug-likeness (QED) is 0.593. The highest BCUT2D eigenvalue weighted by Gasteiger charge is 2.21. The lowest BCUT2D eigenvalue weighted by Crippen LogP contribution is -2.09. The maximum absolute atomic E-state index is 11.5. The predicted molar refractivity (Wildman–Crippen MR) is 116 cm³/mol. The molecule has 0 spiro atoms. The van der Waals surface area contributed by atoms with Crippen LogP contribution in [0.3, 0.4) is 0 Å². The summed E-state index contributed by atoms with van der Waals surface area (Å²) in [5.41, 5.74) is 2.86. The highest BCUT2D eigenvalue weighted by atomic mass is 16.4. The largest absolute Gasteiger partial charge is 0.478 e. The lowest BCUT2D eigenvalue weighted by atomic mass is 9.89. The number of rotatable bonds is 7. The Kier molecular flexibility index (Phi) is 6.21. The number of aromatic nitrogens is 4. The Hall–Kier alpha value is -3.02. The summed E-state index contributed by atoms with van der Waals surface area (Å²) < 4.78 is 2.05. The van der Waals surface area contributed by atoms with Gasteiger partial charge in [0.15, 0.2) is 5.82 Å². The lowest BCUT2D eigenvalue weighted by Gasteiger charge is -2.18. The molecular formula is C24H28N4O2. The van der Waals surface area contributed by atoms with Gasteiger partial charge in [-0.3, -0.25) is 4.98 Å². The first-order valence-electron chi connectivity index (χ1n) is 10.9. The van der Waals surface area contributed by atoms with Crippen molar-refractivity contribution in [2.45, 2.75) is 64.3 Å². The Bertz CT molecular complexity index is 1000. The first kappa shape index (κ1) is 20.3. The second-order valence-corrected chi connectivity index (χ2v) is 8.05. The molecule has 2 aromatic heterocycles. The Morgan fingerprint density at radius 1 is 1.13 bits per heavy atom. The van der Waals surface area contributed by atoms with Gasteiger partial charge in [0.25, 0.3) is 0 Å². The number of aromatic carboxylic acids is 1. The van der Waals surface area contributed by atoms with E-state index < -0.39 is 5.97 Å². The van der Waals surface area contributed by atoms with E-state index in [2.05, 4.69) is 16.6 Å². The topological polar surface area (TPSA) is 80.9 Å². The van der Waals surface area contributed by atoms with Crippen LogP contribution >= 0.6 is 0 Å². The predicted octanol–water partition coefficient (Wildman–Crippen LogP) is 5.09. The minimum Gasteiger partial charge on any atom is -0.478 e. The summed E-state index contributed by atoms with van der Waals surface area (Å²) in [5.74, 6) is 1.62. The second kappa shape index (κ2) is 9.20. The Labute approximate surface area is 177 Å². The third-order valence-electron chi connectivity index (χ3n) is 5.86. The monoisotopic (exact) mass is 404 g/mol. The fraction of sp³-hybridized carbons (Fsp3) is 0.417. The SMILES string of the molecule is CCCc1nc(C2CCCCC2)nn1Cc1ccc(-c2cnccc2C(=O)O)cc1. The second-order valence-electron chi connectivity index (χ2n) is 8.05. The Morgan fingerprint density at radius 3 is 2.60 bits per heavy atom. The van der Waals surface area contributed by atoms with Gasteiger partial charge in [0.05, 0.1) is 12.1 Å². The zero-order valence-electron chi connectivity index (χ0n) is 17.4. The number of pyridine rings is 1. The van der Waals surface area contributed by atoms with Crippen LogP contribution in [0.15, 0.2) is 42.7 Å². The molecule has 2 heterocycles. The molecule has 0 unspecified atom stereocenters. The molecule has 0 bridgehead atoms. The van der Waals surface area contributed by atoms with Gasteiger partial charge in [0, 0.05) is 30.3 Å². The van der Waals surface area contributed by atoms with Gasteiger partial charge >= 0.3 is 5.97 Å². The van der Waals surface area contributed by atoms with E-state index in [-0.39, 0.29) is 5.56 Å². The molecule has 1 saturated carbocycles. The van der Waals surface area contributed by atoms with Crippen molar-refractivity contribution >= 4 is 5.97 Å². The van der Waals surface area contributed by atoms with Crippen molar-refractivity contribution in [1.82, 2.24) is 19.7 Å². The van der Waals surface area contributed by atoms with Crippen LogP contribution < -0.4 is 0 Å². The normalized spacial score (nSPS) is 14.7. The molecular weight excluding hydrogens is 376 g/mol. The van der Waals surface area contributed by atoms with Crippen LogP contribution in [-0.4, -0.2) is 30.8 Å². The van der Waals surface area contributed by atoms with Crippen molar-refractivity contribution < 1.29 is 9.90 Å². The van der Waals surface area contributed by atoms with Gasteiger partial charge in [-0.25, -0.2) is 14.5 Å². The van der Waals surface area contributed by atoms with E-state index in [1.807, 2.05) is 24.3 Å². The van der Waals surface area contributed by atoms with Crippen LogP contribution in [0, 0.1) is 0 Å². The van der Waals surface area contributed by atoms with E-state index in [1.54, 1.807) is 6.20 Å². The number of carbonyl (C=O) groups is 1. The number of hydrogen-bond donors (Lipinski definition) is 1. The number of carboxylic acids is 1. The molecule has 0 radical (unpaired) electrons. The average molecular weight is 405 g/mol. The molecule has 0 amide bonds. The van der Waals surface area contributed by atoms with Crippen LogP contribution in [0.25, 0.3) is 11.1 Å². The summed E-state index contributed by atoms with van der Waals surface area (Å²) >= 11 is 0. The minimum atomic E-state index is -0.946. The number of carboxylic acid groups (broad SMARTS) is 1. The Morgan fingerprint density at radius 2 is 1.90 bits per heavy atom. The van der Waals surface area contributed by atoms with Crippen molar-refractivity contribution in [2.24, 2.45) is 0 Å². The maximum Gasteiger partial charge on any atom is 0.336 e. The Balaban J connectivity index is 1.56. The van der Waals surface area contributed by atoms with Gasteiger partial charge in [-0.1, -0.05) is 50.5 Å². The molecule has 1 aromatic carbocycles. The van der Waals surface area contributed by atoms with Gasteiger partial charge in [0.2, 0.25) is 0 Å². The number of aryl methyl sites for hydroxylation is 1.